The first-order valence-electron chi connectivity index (χ1n) is 13.4. The van der Waals surface area contributed by atoms with Gasteiger partial charge in [0.15, 0.2) is 11.6 Å². The minimum Gasteiger partial charge on any atom is -0.497 e. The number of ether oxygens (including phenoxy) is 4. The third kappa shape index (κ3) is 5.17. The van der Waals surface area contributed by atoms with E-state index in [4.69, 9.17) is 28.9 Å². The van der Waals surface area contributed by atoms with Crippen molar-refractivity contribution >= 4 is 0 Å². The Bertz CT molecular complexity index is 1590. The second-order valence-electron chi connectivity index (χ2n) is 9.55. The molecule has 0 saturated carbocycles. The van der Waals surface area contributed by atoms with Gasteiger partial charge in [0.05, 0.1) is 51.2 Å². The van der Waals surface area contributed by atoms with Gasteiger partial charge in [0, 0.05) is 22.3 Å². The smallest absolute Gasteiger partial charge is 0.174 e. The van der Waals surface area contributed by atoms with Crippen molar-refractivity contribution in [2.75, 3.05) is 28.4 Å². The van der Waals surface area contributed by atoms with E-state index >= 15 is 0 Å². The summed E-state index contributed by atoms with van der Waals surface area (Å²) in [6.07, 6.45) is 0. The molecule has 210 valence electrons. The van der Waals surface area contributed by atoms with Crippen LogP contribution in [0, 0.1) is 0 Å². The van der Waals surface area contributed by atoms with Crippen LogP contribution in [-0.2, 0) is 0 Å². The standard InChI is InChI=1S/C34H30N4O4/c1-39-25-13-5-9-21(17-25)29-30(22-10-6-14-26(18-22)40-2)36-33(35-29)34-37-31(23-11-7-15-27(19-23)41-3)32(38-34)24-12-8-16-28(20-24)42-4/h5-20H,1-4H3,(H,35,36)(H,37,38). The molecule has 0 bridgehead atoms. The summed E-state index contributed by atoms with van der Waals surface area (Å²) in [5.74, 6) is 4.16. The number of methoxy groups -OCH3 is 4. The van der Waals surface area contributed by atoms with E-state index in [0.29, 0.717) is 11.6 Å². The molecule has 0 saturated heterocycles. The molecule has 8 heteroatoms. The topological polar surface area (TPSA) is 94.3 Å². The monoisotopic (exact) mass is 558 g/mol. The van der Waals surface area contributed by atoms with E-state index in [1.807, 2.05) is 97.1 Å². The highest BCUT2D eigenvalue weighted by molar-refractivity contribution is 5.84. The van der Waals surface area contributed by atoms with Gasteiger partial charge in [-0.25, -0.2) is 9.97 Å². The van der Waals surface area contributed by atoms with Crippen molar-refractivity contribution in [3.8, 4) is 79.7 Å². The third-order valence-corrected chi connectivity index (χ3v) is 7.04. The van der Waals surface area contributed by atoms with Gasteiger partial charge in [-0.3, -0.25) is 0 Å². The molecule has 0 radical (unpaired) electrons. The molecule has 0 fully saturated rings. The fraction of sp³-hybridized carbons (Fsp3) is 0.118. The summed E-state index contributed by atoms with van der Waals surface area (Å²) in [7, 11) is 6.62. The second kappa shape index (κ2) is 11.5. The number of H-pyrrole nitrogens is 2. The predicted octanol–water partition coefficient (Wildman–Crippen LogP) is 7.50. The van der Waals surface area contributed by atoms with Crippen molar-refractivity contribution in [1.82, 2.24) is 19.9 Å². The highest BCUT2D eigenvalue weighted by Gasteiger charge is 2.21. The molecule has 0 atom stereocenters. The summed E-state index contributed by atoms with van der Waals surface area (Å²) >= 11 is 0. The summed E-state index contributed by atoms with van der Waals surface area (Å²) in [6, 6.07) is 31.4. The van der Waals surface area contributed by atoms with Crippen LogP contribution >= 0.6 is 0 Å². The summed E-state index contributed by atoms with van der Waals surface area (Å²) < 4.78 is 22.0. The van der Waals surface area contributed by atoms with Gasteiger partial charge < -0.3 is 28.9 Å². The average molecular weight is 559 g/mol. The van der Waals surface area contributed by atoms with Gasteiger partial charge >= 0.3 is 0 Å². The Balaban J connectivity index is 1.56. The van der Waals surface area contributed by atoms with Crippen molar-refractivity contribution < 1.29 is 18.9 Å². The number of nitrogens with zero attached hydrogens (tertiary/aromatic N) is 2. The number of benzene rings is 4. The molecule has 8 nitrogen and oxygen atoms in total. The Morgan fingerprint density at radius 3 is 1.07 bits per heavy atom. The lowest BCUT2D eigenvalue weighted by atomic mass is 10.0. The molecule has 2 heterocycles. The van der Waals surface area contributed by atoms with Gasteiger partial charge in [-0.1, -0.05) is 48.5 Å². The molecule has 0 aliphatic heterocycles. The first kappa shape index (κ1) is 26.7. The number of rotatable bonds is 9. The van der Waals surface area contributed by atoms with Gasteiger partial charge in [-0.2, -0.15) is 0 Å². The number of imidazole rings is 2. The largest absolute Gasteiger partial charge is 0.497 e. The highest BCUT2D eigenvalue weighted by Crippen LogP contribution is 2.38. The van der Waals surface area contributed by atoms with Crippen LogP contribution in [-0.4, -0.2) is 48.4 Å². The van der Waals surface area contributed by atoms with Crippen molar-refractivity contribution in [3.63, 3.8) is 0 Å². The number of hydrogen-bond acceptors (Lipinski definition) is 6. The van der Waals surface area contributed by atoms with Gasteiger partial charge in [-0.15, -0.1) is 0 Å². The van der Waals surface area contributed by atoms with E-state index in [0.717, 1.165) is 68.0 Å². The first-order valence-corrected chi connectivity index (χ1v) is 13.4. The van der Waals surface area contributed by atoms with Gasteiger partial charge in [0.1, 0.15) is 23.0 Å². The minimum atomic E-state index is 0.587. The van der Waals surface area contributed by atoms with Gasteiger partial charge in [0.2, 0.25) is 0 Å². The molecule has 0 aliphatic rings. The fourth-order valence-electron chi connectivity index (χ4n) is 4.90. The van der Waals surface area contributed by atoms with E-state index < -0.39 is 0 Å². The lowest BCUT2D eigenvalue weighted by Gasteiger charge is -2.07. The summed E-state index contributed by atoms with van der Waals surface area (Å²) in [6.45, 7) is 0. The maximum absolute atomic E-state index is 5.51. The van der Waals surface area contributed by atoms with Gasteiger partial charge in [-0.05, 0) is 48.5 Å². The van der Waals surface area contributed by atoms with Crippen LogP contribution in [0.3, 0.4) is 0 Å². The van der Waals surface area contributed by atoms with Crippen LogP contribution in [0.1, 0.15) is 0 Å². The first-order chi connectivity index (χ1) is 20.6. The van der Waals surface area contributed by atoms with Crippen LogP contribution < -0.4 is 18.9 Å². The fourth-order valence-corrected chi connectivity index (χ4v) is 4.90. The Kier molecular flexibility index (Phi) is 7.34. The van der Waals surface area contributed by atoms with Crippen molar-refractivity contribution in [2.24, 2.45) is 0 Å². The van der Waals surface area contributed by atoms with Crippen LogP contribution in [0.15, 0.2) is 97.1 Å². The van der Waals surface area contributed by atoms with Crippen molar-refractivity contribution in [2.45, 2.75) is 0 Å². The maximum atomic E-state index is 5.51. The molecule has 0 spiro atoms. The van der Waals surface area contributed by atoms with E-state index in [2.05, 4.69) is 9.97 Å². The summed E-state index contributed by atoms with van der Waals surface area (Å²) in [5, 5.41) is 0. The van der Waals surface area contributed by atoms with E-state index in [1.165, 1.54) is 0 Å². The second-order valence-corrected chi connectivity index (χ2v) is 9.55. The highest BCUT2D eigenvalue weighted by atomic mass is 16.5. The van der Waals surface area contributed by atoms with Crippen molar-refractivity contribution in [1.29, 1.82) is 0 Å². The Labute approximate surface area is 243 Å². The van der Waals surface area contributed by atoms with Crippen LogP contribution in [0.4, 0.5) is 0 Å². The predicted molar refractivity (Wildman–Crippen MR) is 164 cm³/mol. The van der Waals surface area contributed by atoms with Crippen molar-refractivity contribution in [3.05, 3.63) is 97.1 Å². The molecular weight excluding hydrogens is 528 g/mol. The zero-order valence-electron chi connectivity index (χ0n) is 23.8. The molecule has 0 aliphatic carbocycles. The molecule has 2 N–H and O–H groups in total. The lowest BCUT2D eigenvalue weighted by Crippen LogP contribution is -1.88. The summed E-state index contributed by atoms with van der Waals surface area (Å²) in [4.78, 5) is 17.2. The zero-order valence-corrected chi connectivity index (χ0v) is 23.8. The number of nitrogens with one attached hydrogen (secondary N) is 2. The summed E-state index contributed by atoms with van der Waals surface area (Å²) in [5.41, 5.74) is 6.86. The van der Waals surface area contributed by atoms with Gasteiger partial charge in [0.25, 0.3) is 0 Å². The molecule has 6 rings (SSSR count). The molecule has 4 aromatic carbocycles. The quantitative estimate of drug-likeness (QED) is 0.191. The Hall–Kier alpha value is -5.50. The average Bonchev–Trinajstić information content (AvgIpc) is 3.71. The molecule has 42 heavy (non-hydrogen) atoms. The van der Waals surface area contributed by atoms with Crippen LogP contribution in [0.2, 0.25) is 0 Å². The molecule has 2 aromatic heterocycles. The van der Waals surface area contributed by atoms with E-state index in [1.54, 1.807) is 28.4 Å². The Morgan fingerprint density at radius 1 is 0.429 bits per heavy atom. The normalized spacial score (nSPS) is 10.9. The van der Waals surface area contributed by atoms with Crippen LogP contribution in [0.25, 0.3) is 56.7 Å². The minimum absolute atomic E-state index is 0.587. The number of aromatic nitrogens is 4. The molecule has 0 amide bonds. The number of aromatic amines is 2. The van der Waals surface area contributed by atoms with E-state index in [-0.39, 0.29) is 0 Å². The number of hydrogen-bond donors (Lipinski definition) is 2. The zero-order chi connectivity index (χ0) is 29.1. The molecular formula is C34H30N4O4. The Morgan fingerprint density at radius 2 is 0.738 bits per heavy atom. The van der Waals surface area contributed by atoms with E-state index in [9.17, 15) is 0 Å². The molecule has 6 aromatic rings. The third-order valence-electron chi connectivity index (χ3n) is 7.04. The SMILES string of the molecule is COc1cccc(-c2nc(-c3nc(-c4cccc(OC)c4)c(-c4cccc(OC)c4)[nH]3)[nH]c2-c2cccc(OC)c2)c1. The maximum Gasteiger partial charge on any atom is 0.174 e. The van der Waals surface area contributed by atoms with Crippen LogP contribution in [0.5, 0.6) is 23.0 Å². The lowest BCUT2D eigenvalue weighted by molar-refractivity contribution is 0.415. The molecule has 0 unspecified atom stereocenters.